The van der Waals surface area contributed by atoms with Crippen molar-refractivity contribution in [2.24, 2.45) is 4.99 Å². The van der Waals surface area contributed by atoms with Gasteiger partial charge >= 0.3 is 0 Å². The SMILES string of the molecule is COc1ccc(NC(=O)c2cccc(C(=O)CC3=NC(C)(C)Cc4ccc(OC)cc43)c2)cc1. The highest BCUT2D eigenvalue weighted by Crippen LogP contribution is 2.31. The second kappa shape index (κ2) is 9.51. The molecule has 0 aromatic heterocycles. The first-order valence-corrected chi connectivity index (χ1v) is 11.1. The van der Waals surface area contributed by atoms with Crippen LogP contribution in [0.3, 0.4) is 0 Å². The summed E-state index contributed by atoms with van der Waals surface area (Å²) in [5.41, 5.74) is 4.07. The summed E-state index contributed by atoms with van der Waals surface area (Å²) in [6.45, 7) is 4.13. The molecule has 0 saturated carbocycles. The van der Waals surface area contributed by atoms with Crippen LogP contribution < -0.4 is 14.8 Å². The Morgan fingerprint density at radius 3 is 2.29 bits per heavy atom. The zero-order chi connectivity index (χ0) is 24.3. The molecule has 0 atom stereocenters. The molecule has 3 aromatic carbocycles. The predicted molar refractivity (Wildman–Crippen MR) is 134 cm³/mol. The van der Waals surface area contributed by atoms with Crippen molar-refractivity contribution >= 4 is 23.1 Å². The Balaban J connectivity index is 1.54. The molecule has 3 aromatic rings. The summed E-state index contributed by atoms with van der Waals surface area (Å²) in [5.74, 6) is 1.06. The van der Waals surface area contributed by atoms with Gasteiger partial charge in [0.1, 0.15) is 11.5 Å². The third-order valence-corrected chi connectivity index (χ3v) is 5.81. The van der Waals surface area contributed by atoms with Crippen molar-refractivity contribution in [3.05, 3.63) is 89.0 Å². The summed E-state index contributed by atoms with van der Waals surface area (Å²) in [4.78, 5) is 30.9. The molecule has 1 amide bonds. The maximum Gasteiger partial charge on any atom is 0.255 e. The fourth-order valence-electron chi connectivity index (χ4n) is 4.14. The molecule has 6 heteroatoms. The van der Waals surface area contributed by atoms with E-state index in [2.05, 4.69) is 19.2 Å². The van der Waals surface area contributed by atoms with Gasteiger partial charge in [-0.15, -0.1) is 0 Å². The topological polar surface area (TPSA) is 77.0 Å². The van der Waals surface area contributed by atoms with Crippen molar-refractivity contribution in [2.45, 2.75) is 32.2 Å². The van der Waals surface area contributed by atoms with Crippen LogP contribution in [0.5, 0.6) is 11.5 Å². The molecule has 0 bridgehead atoms. The monoisotopic (exact) mass is 456 g/mol. The molecule has 0 aliphatic carbocycles. The molecular formula is C28H28N2O4. The van der Waals surface area contributed by atoms with Crippen LogP contribution in [0.2, 0.25) is 0 Å². The Morgan fingerprint density at radius 1 is 0.912 bits per heavy atom. The largest absolute Gasteiger partial charge is 0.497 e. The number of carbonyl (C=O) groups excluding carboxylic acids is 2. The predicted octanol–water partition coefficient (Wildman–Crippen LogP) is 5.35. The van der Waals surface area contributed by atoms with Crippen molar-refractivity contribution in [1.29, 1.82) is 0 Å². The Bertz CT molecular complexity index is 1260. The van der Waals surface area contributed by atoms with Gasteiger partial charge < -0.3 is 14.8 Å². The lowest BCUT2D eigenvalue weighted by molar-refractivity contribution is 0.100. The maximum atomic E-state index is 13.2. The van der Waals surface area contributed by atoms with Gasteiger partial charge in [-0.05, 0) is 74.4 Å². The van der Waals surface area contributed by atoms with Gasteiger partial charge in [-0.1, -0.05) is 18.2 Å². The van der Waals surface area contributed by atoms with Crippen molar-refractivity contribution in [3.63, 3.8) is 0 Å². The lowest BCUT2D eigenvalue weighted by atomic mass is 9.85. The number of fused-ring (bicyclic) bond motifs is 1. The van der Waals surface area contributed by atoms with Crippen LogP contribution in [-0.2, 0) is 6.42 Å². The number of aliphatic imine (C=N–C) groups is 1. The van der Waals surface area contributed by atoms with Crippen molar-refractivity contribution in [2.75, 3.05) is 19.5 Å². The minimum atomic E-state index is -0.294. The minimum Gasteiger partial charge on any atom is -0.497 e. The van der Waals surface area contributed by atoms with Crippen LogP contribution in [0.25, 0.3) is 0 Å². The summed E-state index contributed by atoms with van der Waals surface area (Å²) >= 11 is 0. The highest BCUT2D eigenvalue weighted by Gasteiger charge is 2.28. The second-order valence-corrected chi connectivity index (χ2v) is 8.93. The molecule has 6 nitrogen and oxygen atoms in total. The van der Waals surface area contributed by atoms with Crippen molar-refractivity contribution < 1.29 is 19.1 Å². The molecule has 0 radical (unpaired) electrons. The second-order valence-electron chi connectivity index (χ2n) is 8.93. The molecule has 1 aliphatic heterocycles. The van der Waals surface area contributed by atoms with E-state index in [0.29, 0.717) is 22.6 Å². The standard InChI is InChI=1S/C28H28N2O4/c1-28(2)17-20-8-11-23(34-4)15-24(20)25(30-28)16-26(31)18-6-5-7-19(14-18)27(32)29-21-9-12-22(33-3)13-10-21/h5-15H,16-17H2,1-4H3,(H,29,32). The highest BCUT2D eigenvalue weighted by molar-refractivity contribution is 6.17. The number of hydrogen-bond acceptors (Lipinski definition) is 5. The summed E-state index contributed by atoms with van der Waals surface area (Å²) in [5, 5.41) is 2.85. The molecule has 1 N–H and O–H groups in total. The number of nitrogens with zero attached hydrogens (tertiary/aromatic N) is 1. The lowest BCUT2D eigenvalue weighted by Gasteiger charge is -2.29. The third kappa shape index (κ3) is 5.17. The maximum absolute atomic E-state index is 13.2. The number of amides is 1. The van der Waals surface area contributed by atoms with Gasteiger partial charge in [0.25, 0.3) is 5.91 Å². The van der Waals surface area contributed by atoms with Crippen LogP contribution in [0.15, 0.2) is 71.7 Å². The molecule has 174 valence electrons. The van der Waals surface area contributed by atoms with E-state index in [4.69, 9.17) is 14.5 Å². The quantitative estimate of drug-likeness (QED) is 0.486. The fourth-order valence-corrected chi connectivity index (χ4v) is 4.14. The number of benzene rings is 3. The Labute approximate surface area is 199 Å². The summed E-state index contributed by atoms with van der Waals surface area (Å²) < 4.78 is 10.5. The number of nitrogens with one attached hydrogen (secondary N) is 1. The molecular weight excluding hydrogens is 428 g/mol. The van der Waals surface area contributed by atoms with E-state index in [1.54, 1.807) is 62.8 Å². The zero-order valence-corrected chi connectivity index (χ0v) is 19.8. The molecule has 1 heterocycles. The third-order valence-electron chi connectivity index (χ3n) is 5.81. The van der Waals surface area contributed by atoms with Gasteiger partial charge in [0.2, 0.25) is 0 Å². The minimum absolute atomic E-state index is 0.0932. The number of Topliss-reactive ketones (excluding diaryl/α,β-unsaturated/α-hetero) is 1. The number of ether oxygens (including phenoxy) is 2. The van der Waals surface area contributed by atoms with E-state index in [1.807, 2.05) is 18.2 Å². The number of methoxy groups -OCH3 is 2. The van der Waals surface area contributed by atoms with Gasteiger partial charge in [0.15, 0.2) is 5.78 Å². The highest BCUT2D eigenvalue weighted by atomic mass is 16.5. The van der Waals surface area contributed by atoms with Gasteiger partial charge in [0, 0.05) is 22.4 Å². The first kappa shape index (κ1) is 23.2. The van der Waals surface area contributed by atoms with E-state index in [9.17, 15) is 9.59 Å². The first-order chi connectivity index (χ1) is 16.3. The van der Waals surface area contributed by atoms with Crippen LogP contribution in [0.4, 0.5) is 5.69 Å². The summed E-state index contributed by atoms with van der Waals surface area (Å²) in [6.07, 6.45) is 0.943. The summed E-state index contributed by atoms with van der Waals surface area (Å²) in [7, 11) is 3.21. The van der Waals surface area contributed by atoms with Gasteiger partial charge in [-0.25, -0.2) is 0 Å². The van der Waals surface area contributed by atoms with Crippen molar-refractivity contribution in [3.8, 4) is 11.5 Å². The molecule has 0 fully saturated rings. The molecule has 4 rings (SSSR count). The average Bonchev–Trinajstić information content (AvgIpc) is 2.83. The van der Waals surface area contributed by atoms with Crippen LogP contribution >= 0.6 is 0 Å². The van der Waals surface area contributed by atoms with E-state index in [1.165, 1.54) is 0 Å². The van der Waals surface area contributed by atoms with E-state index in [0.717, 1.165) is 29.0 Å². The zero-order valence-electron chi connectivity index (χ0n) is 19.8. The molecule has 0 unspecified atom stereocenters. The number of hydrogen-bond donors (Lipinski definition) is 1. The normalized spacial score (nSPS) is 13.9. The molecule has 0 saturated heterocycles. The van der Waals surface area contributed by atoms with E-state index in [-0.39, 0.29) is 23.7 Å². The Morgan fingerprint density at radius 2 is 1.59 bits per heavy atom. The average molecular weight is 457 g/mol. The lowest BCUT2D eigenvalue weighted by Crippen LogP contribution is -2.30. The Hall–Kier alpha value is -3.93. The van der Waals surface area contributed by atoms with Crippen LogP contribution in [-0.4, -0.2) is 37.2 Å². The Kier molecular flexibility index (Phi) is 6.50. The summed E-state index contributed by atoms with van der Waals surface area (Å²) in [6, 6.07) is 19.8. The molecule has 1 aliphatic rings. The van der Waals surface area contributed by atoms with Gasteiger partial charge in [0.05, 0.1) is 31.9 Å². The fraction of sp³-hybridized carbons (Fsp3) is 0.250. The number of anilines is 1. The van der Waals surface area contributed by atoms with E-state index < -0.39 is 0 Å². The number of ketones is 1. The first-order valence-electron chi connectivity index (χ1n) is 11.1. The van der Waals surface area contributed by atoms with Crippen LogP contribution in [0, 0.1) is 0 Å². The number of rotatable bonds is 7. The van der Waals surface area contributed by atoms with Gasteiger partial charge in [-0.3, -0.25) is 14.6 Å². The molecule has 34 heavy (non-hydrogen) atoms. The smallest absolute Gasteiger partial charge is 0.255 e. The molecule has 0 spiro atoms. The van der Waals surface area contributed by atoms with Gasteiger partial charge in [-0.2, -0.15) is 0 Å². The van der Waals surface area contributed by atoms with E-state index >= 15 is 0 Å². The number of carbonyl (C=O) groups is 2. The van der Waals surface area contributed by atoms with Crippen molar-refractivity contribution in [1.82, 2.24) is 0 Å². The van der Waals surface area contributed by atoms with Crippen LogP contribution in [0.1, 0.15) is 52.1 Å².